The van der Waals surface area contributed by atoms with E-state index in [1.807, 2.05) is 6.92 Å². The molecule has 0 saturated carbocycles. The Morgan fingerprint density at radius 2 is 2.00 bits per heavy atom. The van der Waals surface area contributed by atoms with Crippen LogP contribution < -0.4 is 5.73 Å². The number of ether oxygens (including phenoxy) is 2. The highest BCUT2D eigenvalue weighted by atomic mass is 127. The Labute approximate surface area is 127 Å². The van der Waals surface area contributed by atoms with Gasteiger partial charge in [0.1, 0.15) is 11.4 Å². The van der Waals surface area contributed by atoms with E-state index in [2.05, 4.69) is 39.5 Å². The summed E-state index contributed by atoms with van der Waals surface area (Å²) in [6.45, 7) is 6.06. The fourth-order valence-electron chi connectivity index (χ4n) is 2.36. The van der Waals surface area contributed by atoms with Gasteiger partial charge in [-0.3, -0.25) is 0 Å². The van der Waals surface area contributed by atoms with Gasteiger partial charge in [0.05, 0.1) is 9.26 Å². The van der Waals surface area contributed by atoms with Crippen molar-refractivity contribution in [2.75, 3.05) is 25.6 Å². The van der Waals surface area contributed by atoms with E-state index in [0.29, 0.717) is 31.5 Å². The summed E-state index contributed by atoms with van der Waals surface area (Å²) in [5.74, 6) is 1.26. The van der Waals surface area contributed by atoms with E-state index in [9.17, 15) is 0 Å². The molecular formula is C13H20IN3O2. The molecule has 0 aromatic carbocycles. The summed E-state index contributed by atoms with van der Waals surface area (Å²) in [4.78, 5) is 9.16. The molecule has 1 saturated heterocycles. The summed E-state index contributed by atoms with van der Waals surface area (Å²) in [7, 11) is 0. The zero-order valence-electron chi connectivity index (χ0n) is 11.4. The minimum Gasteiger partial charge on any atom is -0.383 e. The molecule has 1 aromatic heterocycles. The molecule has 0 radical (unpaired) electrons. The number of nitrogen functional groups attached to an aromatic ring is 1. The average Bonchev–Trinajstić information content (AvgIpc) is 2.43. The quantitative estimate of drug-likeness (QED) is 0.816. The lowest BCUT2D eigenvalue weighted by Crippen LogP contribution is -2.39. The van der Waals surface area contributed by atoms with Crippen LogP contribution in [0.5, 0.6) is 0 Å². The number of hydrogen-bond acceptors (Lipinski definition) is 5. The van der Waals surface area contributed by atoms with Gasteiger partial charge < -0.3 is 15.2 Å². The number of halogens is 1. The molecule has 1 aliphatic heterocycles. The maximum Gasteiger partial charge on any atom is 0.163 e. The van der Waals surface area contributed by atoms with Crippen LogP contribution in [0, 0.1) is 3.57 Å². The monoisotopic (exact) mass is 377 g/mol. The molecule has 0 aliphatic carbocycles. The van der Waals surface area contributed by atoms with Crippen molar-refractivity contribution in [1.29, 1.82) is 0 Å². The second-order valence-corrected chi connectivity index (χ2v) is 5.67. The number of aryl methyl sites for hydroxylation is 1. The summed E-state index contributed by atoms with van der Waals surface area (Å²) in [6.07, 6.45) is 2.41. The fourth-order valence-corrected chi connectivity index (χ4v) is 2.98. The number of anilines is 1. The molecule has 0 amide bonds. The minimum absolute atomic E-state index is 0.435. The Hall–Kier alpha value is -0.470. The molecular weight excluding hydrogens is 357 g/mol. The van der Waals surface area contributed by atoms with Gasteiger partial charge >= 0.3 is 0 Å². The van der Waals surface area contributed by atoms with Crippen molar-refractivity contribution in [3.05, 3.63) is 15.1 Å². The highest BCUT2D eigenvalue weighted by Crippen LogP contribution is 2.35. The van der Waals surface area contributed by atoms with E-state index in [1.165, 1.54) is 0 Å². The first kappa shape index (κ1) is 14.9. The molecule has 1 aliphatic rings. The van der Waals surface area contributed by atoms with E-state index < -0.39 is 5.60 Å². The summed E-state index contributed by atoms with van der Waals surface area (Å²) in [6, 6.07) is 0. The van der Waals surface area contributed by atoms with Crippen LogP contribution >= 0.6 is 22.6 Å². The first-order valence-electron chi connectivity index (χ1n) is 6.67. The van der Waals surface area contributed by atoms with E-state index in [4.69, 9.17) is 15.2 Å². The lowest BCUT2D eigenvalue weighted by atomic mass is 9.92. The van der Waals surface area contributed by atoms with Crippen LogP contribution in [0.25, 0.3) is 0 Å². The Morgan fingerprint density at radius 1 is 1.32 bits per heavy atom. The van der Waals surface area contributed by atoms with E-state index in [-0.39, 0.29) is 0 Å². The number of rotatable bonds is 4. The van der Waals surface area contributed by atoms with Gasteiger partial charge in [-0.05, 0) is 35.9 Å². The van der Waals surface area contributed by atoms with Crippen molar-refractivity contribution in [3.63, 3.8) is 0 Å². The van der Waals surface area contributed by atoms with Crippen molar-refractivity contribution in [2.45, 2.75) is 38.7 Å². The van der Waals surface area contributed by atoms with Gasteiger partial charge in [-0.1, -0.05) is 6.92 Å². The van der Waals surface area contributed by atoms with Gasteiger partial charge in [0.25, 0.3) is 0 Å². The molecule has 1 fully saturated rings. The molecule has 5 nitrogen and oxygen atoms in total. The van der Waals surface area contributed by atoms with Crippen LogP contribution in [0.2, 0.25) is 0 Å². The predicted octanol–water partition coefficient (Wildman–Crippen LogP) is 2.27. The summed E-state index contributed by atoms with van der Waals surface area (Å²) in [5, 5.41) is 0. The Kier molecular flexibility index (Phi) is 4.97. The molecule has 0 unspecified atom stereocenters. The topological polar surface area (TPSA) is 70.3 Å². The summed E-state index contributed by atoms with van der Waals surface area (Å²) in [5.41, 5.74) is 6.57. The zero-order chi connectivity index (χ0) is 13.9. The van der Waals surface area contributed by atoms with Gasteiger partial charge in [-0.2, -0.15) is 0 Å². The largest absolute Gasteiger partial charge is 0.383 e. The third kappa shape index (κ3) is 3.00. The van der Waals surface area contributed by atoms with Gasteiger partial charge in [0.15, 0.2) is 5.82 Å². The van der Waals surface area contributed by atoms with Crippen LogP contribution in [0.15, 0.2) is 0 Å². The Morgan fingerprint density at radius 3 is 2.58 bits per heavy atom. The lowest BCUT2D eigenvalue weighted by molar-refractivity contribution is -0.117. The highest BCUT2D eigenvalue weighted by Gasteiger charge is 2.38. The average molecular weight is 377 g/mol. The molecule has 0 bridgehead atoms. The zero-order valence-corrected chi connectivity index (χ0v) is 13.6. The maximum absolute atomic E-state index is 6.01. The van der Waals surface area contributed by atoms with Crippen LogP contribution in [-0.2, 0) is 21.5 Å². The minimum atomic E-state index is -0.435. The molecule has 19 heavy (non-hydrogen) atoms. The predicted molar refractivity (Wildman–Crippen MR) is 81.9 cm³/mol. The number of hydrogen-bond donors (Lipinski definition) is 1. The molecule has 0 atom stereocenters. The van der Waals surface area contributed by atoms with Crippen molar-refractivity contribution < 1.29 is 9.47 Å². The van der Waals surface area contributed by atoms with Gasteiger partial charge in [-0.15, -0.1) is 0 Å². The van der Waals surface area contributed by atoms with Crippen molar-refractivity contribution in [1.82, 2.24) is 9.97 Å². The first-order chi connectivity index (χ1) is 9.13. The molecule has 2 N–H and O–H groups in total. The molecule has 2 rings (SSSR count). The van der Waals surface area contributed by atoms with Crippen LogP contribution in [0.1, 0.15) is 38.2 Å². The van der Waals surface area contributed by atoms with Crippen LogP contribution in [0.3, 0.4) is 0 Å². The van der Waals surface area contributed by atoms with Gasteiger partial charge in [-0.25, -0.2) is 9.97 Å². The first-order valence-corrected chi connectivity index (χ1v) is 7.75. The summed E-state index contributed by atoms with van der Waals surface area (Å²) >= 11 is 2.20. The molecule has 2 heterocycles. The fraction of sp³-hybridized carbons (Fsp3) is 0.692. The van der Waals surface area contributed by atoms with Crippen molar-refractivity contribution in [2.24, 2.45) is 0 Å². The third-order valence-corrected chi connectivity index (χ3v) is 4.58. The normalized spacial score (nSPS) is 18.5. The molecule has 1 aromatic rings. The Balaban J connectivity index is 2.44. The molecule has 6 heteroatoms. The Bertz CT molecular complexity index is 442. The lowest BCUT2D eigenvalue weighted by Gasteiger charge is -2.35. The van der Waals surface area contributed by atoms with E-state index in [1.54, 1.807) is 0 Å². The third-order valence-electron chi connectivity index (χ3n) is 3.41. The molecule has 106 valence electrons. The highest BCUT2D eigenvalue weighted by molar-refractivity contribution is 14.1. The SMILES string of the molecule is CCOC1(c2nc(N)c(I)c(CC)n2)CCOCC1. The standard InChI is InChI=1S/C13H20IN3O2/c1-3-9-10(14)11(15)17-12(16-9)13(19-4-2)5-7-18-8-6-13/h3-8H2,1-2H3,(H2,15,16,17). The number of nitrogens with zero attached hydrogens (tertiary/aromatic N) is 2. The van der Waals surface area contributed by atoms with E-state index in [0.717, 1.165) is 28.5 Å². The van der Waals surface area contributed by atoms with Crippen LogP contribution in [0.4, 0.5) is 5.82 Å². The second kappa shape index (κ2) is 6.32. The molecule has 0 spiro atoms. The second-order valence-electron chi connectivity index (χ2n) is 4.59. The maximum atomic E-state index is 6.01. The van der Waals surface area contributed by atoms with Gasteiger partial charge in [0.2, 0.25) is 0 Å². The number of aromatic nitrogens is 2. The summed E-state index contributed by atoms with van der Waals surface area (Å²) < 4.78 is 12.4. The van der Waals surface area contributed by atoms with Crippen LogP contribution in [-0.4, -0.2) is 29.8 Å². The van der Waals surface area contributed by atoms with Crippen molar-refractivity contribution in [3.8, 4) is 0 Å². The number of nitrogens with two attached hydrogens (primary N) is 1. The van der Waals surface area contributed by atoms with E-state index >= 15 is 0 Å². The van der Waals surface area contributed by atoms with Gasteiger partial charge in [0, 0.05) is 32.7 Å². The smallest absolute Gasteiger partial charge is 0.163 e. The van der Waals surface area contributed by atoms with Crippen molar-refractivity contribution >= 4 is 28.4 Å².